The zero-order valence-corrected chi connectivity index (χ0v) is 14.0. The quantitative estimate of drug-likeness (QED) is 0.829. The molecule has 0 aliphatic heterocycles. The van der Waals surface area contributed by atoms with Gasteiger partial charge in [-0.2, -0.15) is 0 Å². The van der Waals surface area contributed by atoms with E-state index in [4.69, 9.17) is 11.6 Å². The molecule has 0 radical (unpaired) electrons. The molecule has 122 valence electrons. The Labute approximate surface area is 140 Å². The molecule has 0 bridgehead atoms. The summed E-state index contributed by atoms with van der Waals surface area (Å²) in [7, 11) is -3.34. The van der Waals surface area contributed by atoms with Crippen LogP contribution in [0.2, 0.25) is 5.02 Å². The lowest BCUT2D eigenvalue weighted by molar-refractivity contribution is -0.120. The van der Waals surface area contributed by atoms with Gasteiger partial charge in [-0.15, -0.1) is 0 Å². The molecule has 7 heteroatoms. The van der Waals surface area contributed by atoms with Crippen molar-refractivity contribution in [2.24, 2.45) is 0 Å². The van der Waals surface area contributed by atoms with E-state index in [2.05, 4.69) is 10.3 Å². The van der Waals surface area contributed by atoms with Crippen molar-refractivity contribution in [3.8, 4) is 0 Å². The molecule has 0 unspecified atom stereocenters. The number of pyridine rings is 1. The van der Waals surface area contributed by atoms with Gasteiger partial charge in [-0.05, 0) is 29.3 Å². The van der Waals surface area contributed by atoms with Gasteiger partial charge in [-0.3, -0.25) is 9.78 Å². The second-order valence-electron chi connectivity index (χ2n) is 5.11. The highest BCUT2D eigenvalue weighted by atomic mass is 35.5. The first-order valence-electron chi connectivity index (χ1n) is 7.05. The molecule has 0 spiro atoms. The van der Waals surface area contributed by atoms with Crippen LogP contribution in [0.5, 0.6) is 0 Å². The maximum atomic E-state index is 12.0. The zero-order valence-electron chi connectivity index (χ0n) is 12.4. The Balaban J connectivity index is 1.79. The van der Waals surface area contributed by atoms with E-state index in [1.54, 1.807) is 42.7 Å². The normalized spacial score (nSPS) is 11.2. The predicted octanol–water partition coefficient (Wildman–Crippen LogP) is 2.36. The van der Waals surface area contributed by atoms with Gasteiger partial charge in [0.05, 0.1) is 11.5 Å². The van der Waals surface area contributed by atoms with Crippen molar-refractivity contribution in [1.29, 1.82) is 0 Å². The fourth-order valence-electron chi connectivity index (χ4n) is 1.95. The monoisotopic (exact) mass is 352 g/mol. The molecule has 5 nitrogen and oxygen atoms in total. The Hall–Kier alpha value is -1.92. The molecule has 1 amide bonds. The first kappa shape index (κ1) is 17.4. The minimum atomic E-state index is -3.34. The number of benzene rings is 1. The van der Waals surface area contributed by atoms with Crippen molar-refractivity contribution in [2.45, 2.75) is 18.7 Å². The van der Waals surface area contributed by atoms with Crippen molar-refractivity contribution in [3.63, 3.8) is 0 Å². The van der Waals surface area contributed by atoms with E-state index < -0.39 is 9.84 Å². The minimum absolute atomic E-state index is 0.0593. The number of sulfone groups is 1. The van der Waals surface area contributed by atoms with Gasteiger partial charge in [-0.1, -0.05) is 29.8 Å². The number of amides is 1. The third-order valence-electron chi connectivity index (χ3n) is 3.15. The van der Waals surface area contributed by atoms with E-state index in [-0.39, 0.29) is 23.8 Å². The van der Waals surface area contributed by atoms with Crippen LogP contribution in [-0.4, -0.2) is 25.1 Å². The molecular formula is C16H17ClN2O3S. The molecule has 1 heterocycles. The first-order chi connectivity index (χ1) is 10.9. The van der Waals surface area contributed by atoms with Gasteiger partial charge in [0, 0.05) is 30.4 Å². The van der Waals surface area contributed by atoms with E-state index in [0.717, 1.165) is 5.56 Å². The molecule has 2 aromatic rings. The molecule has 1 aromatic carbocycles. The SMILES string of the molecule is O=C(CCS(=O)(=O)Cc1ccc(Cl)cc1)NCc1cccnc1. The van der Waals surface area contributed by atoms with Gasteiger partial charge in [-0.25, -0.2) is 8.42 Å². The van der Waals surface area contributed by atoms with Crippen LogP contribution in [0.4, 0.5) is 0 Å². The molecular weight excluding hydrogens is 336 g/mol. The van der Waals surface area contributed by atoms with Crippen molar-refractivity contribution in [3.05, 3.63) is 64.9 Å². The number of nitrogens with zero attached hydrogens (tertiary/aromatic N) is 1. The Morgan fingerprint density at radius 1 is 1.13 bits per heavy atom. The van der Waals surface area contributed by atoms with Gasteiger partial charge in [0.25, 0.3) is 0 Å². The molecule has 0 saturated heterocycles. The molecule has 0 aliphatic carbocycles. The largest absolute Gasteiger partial charge is 0.352 e. The maximum Gasteiger partial charge on any atom is 0.221 e. The second-order valence-corrected chi connectivity index (χ2v) is 7.73. The van der Waals surface area contributed by atoms with Gasteiger partial charge in [0.15, 0.2) is 9.84 Å². The summed E-state index contributed by atoms with van der Waals surface area (Å²) in [6.07, 6.45) is 3.24. The van der Waals surface area contributed by atoms with Crippen LogP contribution in [0.25, 0.3) is 0 Å². The van der Waals surface area contributed by atoms with Crippen molar-refractivity contribution in [1.82, 2.24) is 10.3 Å². The third-order valence-corrected chi connectivity index (χ3v) is 5.00. The van der Waals surface area contributed by atoms with Crippen LogP contribution in [-0.2, 0) is 26.9 Å². The van der Waals surface area contributed by atoms with Crippen molar-refractivity contribution >= 4 is 27.3 Å². The summed E-state index contributed by atoms with van der Waals surface area (Å²) in [6, 6.07) is 10.2. The topological polar surface area (TPSA) is 76.1 Å². The van der Waals surface area contributed by atoms with Crippen LogP contribution in [0.15, 0.2) is 48.8 Å². The summed E-state index contributed by atoms with van der Waals surface area (Å²) in [6.45, 7) is 0.337. The lowest BCUT2D eigenvalue weighted by Crippen LogP contribution is -2.25. The van der Waals surface area contributed by atoms with Crippen LogP contribution in [0.3, 0.4) is 0 Å². The number of carbonyl (C=O) groups is 1. The van der Waals surface area contributed by atoms with E-state index in [9.17, 15) is 13.2 Å². The molecule has 0 atom stereocenters. The fourth-order valence-corrected chi connectivity index (χ4v) is 3.41. The smallest absolute Gasteiger partial charge is 0.221 e. The van der Waals surface area contributed by atoms with Gasteiger partial charge < -0.3 is 5.32 Å². The van der Waals surface area contributed by atoms with Crippen LogP contribution in [0.1, 0.15) is 17.5 Å². The third kappa shape index (κ3) is 6.38. The number of hydrogen-bond donors (Lipinski definition) is 1. The van der Waals surface area contributed by atoms with E-state index in [1.165, 1.54) is 0 Å². The summed E-state index contributed by atoms with van der Waals surface area (Å²) in [5, 5.41) is 3.24. The number of rotatable bonds is 7. The van der Waals surface area contributed by atoms with E-state index >= 15 is 0 Å². The molecule has 0 fully saturated rings. The first-order valence-corrected chi connectivity index (χ1v) is 9.25. The molecule has 0 saturated carbocycles. The number of hydrogen-bond acceptors (Lipinski definition) is 4. The zero-order chi connectivity index (χ0) is 16.7. The van der Waals surface area contributed by atoms with Gasteiger partial charge in [0.2, 0.25) is 5.91 Å². The lowest BCUT2D eigenvalue weighted by atomic mass is 10.2. The van der Waals surface area contributed by atoms with Crippen LogP contribution in [0, 0.1) is 0 Å². The molecule has 2 rings (SSSR count). The summed E-state index contributed by atoms with van der Waals surface area (Å²) in [4.78, 5) is 15.7. The lowest BCUT2D eigenvalue weighted by Gasteiger charge is -2.06. The summed E-state index contributed by atoms with van der Waals surface area (Å²) >= 11 is 5.76. The van der Waals surface area contributed by atoms with Gasteiger partial charge in [0.1, 0.15) is 0 Å². The Morgan fingerprint density at radius 3 is 2.52 bits per heavy atom. The standard InChI is InChI=1S/C16H17ClN2O3S/c17-15-5-3-13(4-6-15)12-23(21,22)9-7-16(20)19-11-14-2-1-8-18-10-14/h1-6,8,10H,7,9,11-12H2,(H,19,20). The maximum absolute atomic E-state index is 12.0. The Bertz CT molecular complexity index is 747. The van der Waals surface area contributed by atoms with Crippen molar-refractivity contribution in [2.75, 3.05) is 5.75 Å². The molecule has 0 aliphatic rings. The summed E-state index contributed by atoms with van der Waals surface area (Å²) < 4.78 is 24.1. The summed E-state index contributed by atoms with van der Waals surface area (Å²) in [5.74, 6) is -0.581. The highest BCUT2D eigenvalue weighted by Crippen LogP contribution is 2.12. The number of aromatic nitrogens is 1. The average molecular weight is 353 g/mol. The van der Waals surface area contributed by atoms with Crippen molar-refractivity contribution < 1.29 is 13.2 Å². The number of halogens is 1. The average Bonchev–Trinajstić information content (AvgIpc) is 2.54. The molecule has 1 aromatic heterocycles. The second kappa shape index (κ2) is 8.08. The molecule has 1 N–H and O–H groups in total. The summed E-state index contributed by atoms with van der Waals surface area (Å²) in [5.41, 5.74) is 1.52. The molecule has 23 heavy (non-hydrogen) atoms. The Kier molecular flexibility index (Phi) is 6.12. The highest BCUT2D eigenvalue weighted by molar-refractivity contribution is 7.90. The minimum Gasteiger partial charge on any atom is -0.352 e. The van der Waals surface area contributed by atoms with Gasteiger partial charge >= 0.3 is 0 Å². The predicted molar refractivity (Wildman–Crippen MR) is 89.6 cm³/mol. The number of carbonyl (C=O) groups excluding carboxylic acids is 1. The van der Waals surface area contributed by atoms with Crippen LogP contribution < -0.4 is 5.32 Å². The highest BCUT2D eigenvalue weighted by Gasteiger charge is 2.14. The Morgan fingerprint density at radius 2 is 1.87 bits per heavy atom. The van der Waals surface area contributed by atoms with E-state index in [1.807, 2.05) is 6.07 Å². The number of nitrogens with one attached hydrogen (secondary N) is 1. The van der Waals surface area contributed by atoms with Crippen LogP contribution >= 0.6 is 11.6 Å². The van der Waals surface area contributed by atoms with E-state index in [0.29, 0.717) is 17.1 Å². The fraction of sp³-hybridized carbons (Fsp3) is 0.250.